The molecule has 1 fully saturated rings. The normalized spacial score (nSPS) is 17.5. The van der Waals surface area contributed by atoms with E-state index in [0.29, 0.717) is 31.0 Å². The Kier molecular flexibility index (Phi) is 5.90. The predicted octanol–water partition coefficient (Wildman–Crippen LogP) is 4.49. The first-order chi connectivity index (χ1) is 15.9. The van der Waals surface area contributed by atoms with Crippen molar-refractivity contribution in [3.8, 4) is 0 Å². The van der Waals surface area contributed by atoms with Gasteiger partial charge in [-0.25, -0.2) is 13.4 Å². The number of anilines is 1. The first-order valence-corrected chi connectivity index (χ1v) is 13.3. The Morgan fingerprint density at radius 3 is 2.55 bits per heavy atom. The number of aryl methyl sites for hydroxylation is 1. The van der Waals surface area contributed by atoms with Crippen LogP contribution in [0, 0.1) is 6.92 Å². The molecule has 5 rings (SSSR count). The highest BCUT2D eigenvalue weighted by atomic mass is 32.2. The molecular formula is C25H26N4O2S2. The summed E-state index contributed by atoms with van der Waals surface area (Å²) in [7, 11) is -3.59. The fourth-order valence-electron chi connectivity index (χ4n) is 4.31. The van der Waals surface area contributed by atoms with E-state index in [1.54, 1.807) is 10.4 Å². The lowest BCUT2D eigenvalue weighted by molar-refractivity contribution is 0.342. The summed E-state index contributed by atoms with van der Waals surface area (Å²) in [6, 6.07) is 21.5. The van der Waals surface area contributed by atoms with Gasteiger partial charge in [0.25, 0.3) is 0 Å². The molecule has 1 aromatic heterocycles. The molecule has 0 radical (unpaired) electrons. The second-order valence-corrected chi connectivity index (χ2v) is 11.2. The van der Waals surface area contributed by atoms with Gasteiger partial charge in [-0.1, -0.05) is 66.2 Å². The van der Waals surface area contributed by atoms with Gasteiger partial charge in [-0.05, 0) is 30.9 Å². The molecule has 170 valence electrons. The van der Waals surface area contributed by atoms with E-state index in [1.165, 1.54) is 22.7 Å². The zero-order chi connectivity index (χ0) is 23.0. The average molecular weight is 479 g/mol. The number of nitrogens with zero attached hydrogens (tertiary/aromatic N) is 4. The number of hydrogen-bond donors (Lipinski definition) is 0. The smallest absolute Gasteiger partial charge is 0.243 e. The van der Waals surface area contributed by atoms with Gasteiger partial charge < -0.3 is 4.90 Å². The van der Waals surface area contributed by atoms with Crippen molar-refractivity contribution in [1.82, 2.24) is 13.7 Å². The Labute approximate surface area is 198 Å². The lowest BCUT2D eigenvalue weighted by atomic mass is 10.1. The molecular weight excluding hydrogens is 452 g/mol. The van der Waals surface area contributed by atoms with Crippen LogP contribution >= 0.6 is 11.5 Å². The molecule has 1 saturated heterocycles. The summed E-state index contributed by atoms with van der Waals surface area (Å²) >= 11 is 1.39. The maximum absolute atomic E-state index is 13.5. The van der Waals surface area contributed by atoms with Gasteiger partial charge in [-0.15, -0.1) is 0 Å². The van der Waals surface area contributed by atoms with Gasteiger partial charge in [0.15, 0.2) is 0 Å². The second-order valence-electron chi connectivity index (χ2n) is 8.54. The van der Waals surface area contributed by atoms with Crippen molar-refractivity contribution >= 4 is 37.5 Å². The number of piperazine rings is 1. The fraction of sp³-hybridized carbons (Fsp3) is 0.280. The molecule has 33 heavy (non-hydrogen) atoms. The highest BCUT2D eigenvalue weighted by Crippen LogP contribution is 2.29. The molecule has 0 N–H and O–H groups in total. The van der Waals surface area contributed by atoms with Gasteiger partial charge in [-0.3, -0.25) is 0 Å². The van der Waals surface area contributed by atoms with Crippen molar-refractivity contribution in [3.63, 3.8) is 0 Å². The molecule has 2 heterocycles. The van der Waals surface area contributed by atoms with Crippen molar-refractivity contribution in [2.24, 2.45) is 0 Å². The van der Waals surface area contributed by atoms with Gasteiger partial charge in [-0.2, -0.15) is 8.68 Å². The first kappa shape index (κ1) is 22.0. The number of hydrogen-bond acceptors (Lipinski definition) is 6. The maximum atomic E-state index is 13.5. The zero-order valence-electron chi connectivity index (χ0n) is 18.7. The molecule has 1 atom stereocenters. The Bertz CT molecular complexity index is 1380. The van der Waals surface area contributed by atoms with Crippen LogP contribution in [-0.4, -0.2) is 47.8 Å². The molecule has 0 amide bonds. The third kappa shape index (κ3) is 4.38. The van der Waals surface area contributed by atoms with Crippen LogP contribution in [0.2, 0.25) is 0 Å². The molecule has 0 saturated carbocycles. The standard InChI is InChI=1S/C25H26N4O2S2/c1-18-10-12-20(13-11-18)16-24-26-25(32-27-24)29-15-14-28(17-19(29)2)33(30,31)23-9-5-7-21-6-3-4-8-22(21)23/h3-13,19H,14-17H2,1-2H3. The van der Waals surface area contributed by atoms with E-state index in [0.717, 1.165) is 21.7 Å². The van der Waals surface area contributed by atoms with Crippen molar-refractivity contribution in [1.29, 1.82) is 0 Å². The summed E-state index contributed by atoms with van der Waals surface area (Å²) in [5.74, 6) is 0.803. The topological polar surface area (TPSA) is 66.4 Å². The van der Waals surface area contributed by atoms with Crippen LogP contribution in [0.15, 0.2) is 71.6 Å². The fourth-order valence-corrected chi connectivity index (χ4v) is 6.85. The minimum absolute atomic E-state index is 0.00340. The highest BCUT2D eigenvalue weighted by Gasteiger charge is 2.34. The Morgan fingerprint density at radius 1 is 1.00 bits per heavy atom. The summed E-state index contributed by atoms with van der Waals surface area (Å²) in [6.45, 7) is 5.54. The summed E-state index contributed by atoms with van der Waals surface area (Å²) in [5.41, 5.74) is 2.42. The molecule has 6 nitrogen and oxygen atoms in total. The Hall–Kier alpha value is -2.81. The van der Waals surface area contributed by atoms with E-state index in [1.807, 2.05) is 43.3 Å². The third-order valence-electron chi connectivity index (χ3n) is 6.14. The van der Waals surface area contributed by atoms with Crippen molar-refractivity contribution in [2.75, 3.05) is 24.5 Å². The number of sulfonamides is 1. The molecule has 1 aliphatic heterocycles. The monoisotopic (exact) mass is 478 g/mol. The van der Waals surface area contributed by atoms with Crippen LogP contribution < -0.4 is 4.90 Å². The van der Waals surface area contributed by atoms with Gasteiger partial charge in [0, 0.05) is 49.0 Å². The maximum Gasteiger partial charge on any atom is 0.243 e. The van der Waals surface area contributed by atoms with E-state index in [2.05, 4.69) is 40.5 Å². The number of fused-ring (bicyclic) bond motifs is 1. The molecule has 1 unspecified atom stereocenters. The summed E-state index contributed by atoms with van der Waals surface area (Å²) < 4.78 is 33.2. The first-order valence-electron chi connectivity index (χ1n) is 11.0. The molecule has 0 bridgehead atoms. The van der Waals surface area contributed by atoms with Crippen molar-refractivity contribution in [2.45, 2.75) is 31.2 Å². The molecule has 8 heteroatoms. The van der Waals surface area contributed by atoms with E-state index in [9.17, 15) is 8.42 Å². The van der Waals surface area contributed by atoms with Crippen LogP contribution in [0.25, 0.3) is 10.8 Å². The molecule has 3 aromatic carbocycles. The molecule has 0 aliphatic carbocycles. The van der Waals surface area contributed by atoms with Crippen LogP contribution in [0.1, 0.15) is 23.9 Å². The third-order valence-corrected chi connectivity index (χ3v) is 8.86. The lowest BCUT2D eigenvalue weighted by Crippen LogP contribution is -2.53. The van der Waals surface area contributed by atoms with Gasteiger partial charge in [0.1, 0.15) is 5.82 Å². The van der Waals surface area contributed by atoms with E-state index < -0.39 is 10.0 Å². The van der Waals surface area contributed by atoms with Crippen molar-refractivity contribution in [3.05, 3.63) is 83.7 Å². The van der Waals surface area contributed by atoms with Crippen LogP contribution in [0.5, 0.6) is 0 Å². The van der Waals surface area contributed by atoms with E-state index >= 15 is 0 Å². The Balaban J connectivity index is 1.32. The van der Waals surface area contributed by atoms with Crippen molar-refractivity contribution < 1.29 is 8.42 Å². The number of benzene rings is 3. The molecule has 4 aromatic rings. The van der Waals surface area contributed by atoms with Gasteiger partial charge in [0.2, 0.25) is 15.2 Å². The highest BCUT2D eigenvalue weighted by molar-refractivity contribution is 7.89. The minimum atomic E-state index is -3.59. The van der Waals surface area contributed by atoms with Gasteiger partial charge >= 0.3 is 0 Å². The molecule has 0 spiro atoms. The summed E-state index contributed by atoms with van der Waals surface area (Å²) in [6.07, 6.45) is 0.695. The number of aromatic nitrogens is 2. The minimum Gasteiger partial charge on any atom is -0.342 e. The SMILES string of the molecule is Cc1ccc(Cc2nsc(N3CCN(S(=O)(=O)c4cccc5ccccc45)CC3C)n2)cc1. The van der Waals surface area contributed by atoms with Crippen LogP contribution in [-0.2, 0) is 16.4 Å². The summed E-state index contributed by atoms with van der Waals surface area (Å²) in [4.78, 5) is 7.30. The zero-order valence-corrected chi connectivity index (χ0v) is 20.3. The second kappa shape index (κ2) is 8.85. The van der Waals surface area contributed by atoms with Crippen LogP contribution in [0.3, 0.4) is 0 Å². The lowest BCUT2D eigenvalue weighted by Gasteiger charge is -2.38. The average Bonchev–Trinajstić information content (AvgIpc) is 3.28. The van der Waals surface area contributed by atoms with E-state index in [4.69, 9.17) is 4.98 Å². The quantitative estimate of drug-likeness (QED) is 0.423. The Morgan fingerprint density at radius 2 is 1.76 bits per heavy atom. The van der Waals surface area contributed by atoms with E-state index in [-0.39, 0.29) is 6.04 Å². The largest absolute Gasteiger partial charge is 0.342 e. The molecule has 1 aliphatic rings. The van der Waals surface area contributed by atoms with Gasteiger partial charge in [0.05, 0.1) is 4.90 Å². The van der Waals surface area contributed by atoms with Crippen LogP contribution in [0.4, 0.5) is 5.13 Å². The number of rotatable bonds is 5. The predicted molar refractivity (Wildman–Crippen MR) is 133 cm³/mol. The summed E-state index contributed by atoms with van der Waals surface area (Å²) in [5, 5.41) is 2.55.